The number of halogens is 2. The van der Waals surface area contributed by atoms with Crippen molar-refractivity contribution in [2.75, 3.05) is 24.5 Å². The van der Waals surface area contributed by atoms with Gasteiger partial charge < -0.3 is 14.6 Å². The summed E-state index contributed by atoms with van der Waals surface area (Å²) in [6.07, 6.45) is 0.874. The average molecular weight is 370 g/mol. The minimum atomic E-state index is -0.845. The maximum atomic E-state index is 13.4. The minimum absolute atomic E-state index is 0.241. The van der Waals surface area contributed by atoms with E-state index in [0.29, 0.717) is 30.1 Å². The molecule has 0 bridgehead atoms. The van der Waals surface area contributed by atoms with E-state index in [2.05, 4.69) is 5.32 Å². The van der Waals surface area contributed by atoms with E-state index >= 15 is 0 Å². The van der Waals surface area contributed by atoms with Crippen LogP contribution in [0.3, 0.4) is 0 Å². The van der Waals surface area contributed by atoms with Crippen molar-refractivity contribution >= 4 is 22.6 Å². The molecule has 0 saturated carbocycles. The molecular weight excluding hydrogens is 350 g/mol. The maximum Gasteiger partial charge on any atom is 0.287 e. The predicted molar refractivity (Wildman–Crippen MR) is 100.0 cm³/mol. The van der Waals surface area contributed by atoms with E-state index in [4.69, 9.17) is 4.42 Å². The molecule has 1 aliphatic rings. The molecule has 2 aromatic carbocycles. The number of carbonyl (C=O) groups excluding carboxylic acids is 1. The van der Waals surface area contributed by atoms with Crippen LogP contribution in [0, 0.1) is 24.5 Å². The van der Waals surface area contributed by atoms with Gasteiger partial charge in [-0.3, -0.25) is 4.79 Å². The summed E-state index contributed by atoms with van der Waals surface area (Å²) in [4.78, 5) is 14.4. The Morgan fingerprint density at radius 2 is 2.04 bits per heavy atom. The lowest BCUT2D eigenvalue weighted by Gasteiger charge is -2.19. The number of hydrogen-bond acceptors (Lipinski definition) is 3. The number of rotatable bonds is 4. The third kappa shape index (κ3) is 3.65. The van der Waals surface area contributed by atoms with Gasteiger partial charge in [0.2, 0.25) is 0 Å². The highest BCUT2D eigenvalue weighted by Crippen LogP contribution is 2.25. The molecule has 4 nitrogen and oxygen atoms in total. The van der Waals surface area contributed by atoms with Crippen LogP contribution in [0.2, 0.25) is 0 Å². The molecule has 1 unspecified atom stereocenters. The third-order valence-corrected chi connectivity index (χ3v) is 5.00. The molecule has 1 amide bonds. The number of fused-ring (bicyclic) bond motifs is 1. The first-order valence-electron chi connectivity index (χ1n) is 8.98. The quantitative estimate of drug-likeness (QED) is 0.746. The fourth-order valence-corrected chi connectivity index (χ4v) is 3.51. The fraction of sp³-hybridized carbons (Fsp3) is 0.286. The molecule has 4 rings (SSSR count). The van der Waals surface area contributed by atoms with E-state index in [1.165, 1.54) is 6.07 Å². The molecule has 0 aliphatic carbocycles. The summed E-state index contributed by atoms with van der Waals surface area (Å²) in [6.45, 7) is 3.93. The normalized spacial score (nSPS) is 16.9. The van der Waals surface area contributed by atoms with Crippen LogP contribution in [-0.4, -0.2) is 25.5 Å². The summed E-state index contributed by atoms with van der Waals surface area (Å²) in [6, 6.07) is 11.5. The first-order valence-corrected chi connectivity index (χ1v) is 8.98. The monoisotopic (exact) mass is 370 g/mol. The van der Waals surface area contributed by atoms with Crippen LogP contribution in [0.25, 0.3) is 11.0 Å². The van der Waals surface area contributed by atoms with Gasteiger partial charge in [-0.15, -0.1) is 0 Å². The standard InChI is InChI=1S/C21H20F2N2O2/c1-13-2-5-19-15(8-13)9-20(27-19)21(26)24-11-14-6-7-25(12-14)16-3-4-17(22)18(23)10-16/h2-5,8-10,14H,6-7,11-12H2,1H3,(H,24,26). The van der Waals surface area contributed by atoms with Crippen LogP contribution >= 0.6 is 0 Å². The Hall–Kier alpha value is -2.89. The van der Waals surface area contributed by atoms with Gasteiger partial charge in [0.15, 0.2) is 17.4 Å². The van der Waals surface area contributed by atoms with Crippen molar-refractivity contribution in [1.82, 2.24) is 5.32 Å². The van der Waals surface area contributed by atoms with Crippen LogP contribution in [0.5, 0.6) is 0 Å². The average Bonchev–Trinajstić information content (AvgIpc) is 3.28. The van der Waals surface area contributed by atoms with E-state index in [0.717, 1.165) is 30.0 Å². The summed E-state index contributed by atoms with van der Waals surface area (Å²) in [5.74, 6) is -1.39. The number of anilines is 1. The number of nitrogens with one attached hydrogen (secondary N) is 1. The summed E-state index contributed by atoms with van der Waals surface area (Å²) >= 11 is 0. The Morgan fingerprint density at radius 1 is 1.19 bits per heavy atom. The zero-order valence-electron chi connectivity index (χ0n) is 15.0. The fourth-order valence-electron chi connectivity index (χ4n) is 3.51. The van der Waals surface area contributed by atoms with E-state index < -0.39 is 11.6 Å². The van der Waals surface area contributed by atoms with Crippen molar-refractivity contribution in [2.24, 2.45) is 5.92 Å². The first kappa shape index (κ1) is 17.5. The highest BCUT2D eigenvalue weighted by atomic mass is 19.2. The Balaban J connectivity index is 1.35. The molecule has 27 heavy (non-hydrogen) atoms. The lowest BCUT2D eigenvalue weighted by atomic mass is 10.1. The van der Waals surface area contributed by atoms with Crippen molar-refractivity contribution < 1.29 is 18.0 Å². The molecule has 1 aromatic heterocycles. The third-order valence-electron chi connectivity index (χ3n) is 5.00. The highest BCUT2D eigenvalue weighted by molar-refractivity contribution is 5.96. The van der Waals surface area contributed by atoms with Crippen molar-refractivity contribution in [2.45, 2.75) is 13.3 Å². The highest BCUT2D eigenvalue weighted by Gasteiger charge is 2.24. The Morgan fingerprint density at radius 3 is 2.85 bits per heavy atom. The summed E-state index contributed by atoms with van der Waals surface area (Å²) < 4.78 is 32.1. The van der Waals surface area contributed by atoms with E-state index in [1.54, 1.807) is 12.1 Å². The molecule has 2 heterocycles. The molecule has 6 heteroatoms. The summed E-state index contributed by atoms with van der Waals surface area (Å²) in [7, 11) is 0. The molecular formula is C21H20F2N2O2. The van der Waals surface area contributed by atoms with Gasteiger partial charge in [-0.25, -0.2) is 8.78 Å². The second-order valence-corrected chi connectivity index (χ2v) is 7.06. The summed E-state index contributed by atoms with van der Waals surface area (Å²) in [5.41, 5.74) is 2.46. The lowest BCUT2D eigenvalue weighted by molar-refractivity contribution is 0.0922. The van der Waals surface area contributed by atoms with Crippen molar-refractivity contribution in [1.29, 1.82) is 0 Å². The first-order chi connectivity index (χ1) is 13.0. The molecule has 140 valence electrons. The SMILES string of the molecule is Cc1ccc2oc(C(=O)NCC3CCN(c4ccc(F)c(F)c4)C3)cc2c1. The van der Waals surface area contributed by atoms with Crippen LogP contribution in [-0.2, 0) is 0 Å². The minimum Gasteiger partial charge on any atom is -0.451 e. The number of hydrogen-bond donors (Lipinski definition) is 1. The topological polar surface area (TPSA) is 45.5 Å². The van der Waals surface area contributed by atoms with Gasteiger partial charge in [-0.2, -0.15) is 0 Å². The van der Waals surface area contributed by atoms with Crippen LogP contribution < -0.4 is 10.2 Å². The Labute approximate surface area is 155 Å². The van der Waals surface area contributed by atoms with Crippen LogP contribution in [0.15, 0.2) is 46.9 Å². The molecule has 0 spiro atoms. The van der Waals surface area contributed by atoms with E-state index in [1.807, 2.05) is 30.0 Å². The van der Waals surface area contributed by atoms with Crippen molar-refractivity contribution in [3.8, 4) is 0 Å². The molecule has 1 saturated heterocycles. The van der Waals surface area contributed by atoms with Crippen LogP contribution in [0.1, 0.15) is 22.5 Å². The molecule has 1 fully saturated rings. The van der Waals surface area contributed by atoms with Gasteiger partial charge in [-0.1, -0.05) is 11.6 Å². The van der Waals surface area contributed by atoms with E-state index in [-0.39, 0.29) is 11.8 Å². The molecule has 0 radical (unpaired) electrons. The molecule has 1 aliphatic heterocycles. The van der Waals surface area contributed by atoms with Crippen molar-refractivity contribution in [3.05, 3.63) is 65.4 Å². The smallest absolute Gasteiger partial charge is 0.287 e. The second kappa shape index (κ2) is 7.02. The second-order valence-electron chi connectivity index (χ2n) is 7.06. The molecule has 1 N–H and O–H groups in total. The maximum absolute atomic E-state index is 13.4. The number of carbonyl (C=O) groups is 1. The van der Waals surface area contributed by atoms with Gasteiger partial charge in [0.05, 0.1) is 0 Å². The number of nitrogens with zero attached hydrogens (tertiary/aromatic N) is 1. The summed E-state index contributed by atoms with van der Waals surface area (Å²) in [5, 5.41) is 3.82. The number of aryl methyl sites for hydroxylation is 1. The van der Waals surface area contributed by atoms with Gasteiger partial charge in [0, 0.05) is 36.8 Å². The van der Waals surface area contributed by atoms with Gasteiger partial charge in [0.1, 0.15) is 5.58 Å². The Kier molecular flexibility index (Phi) is 4.56. The van der Waals surface area contributed by atoms with Crippen molar-refractivity contribution in [3.63, 3.8) is 0 Å². The van der Waals surface area contributed by atoms with E-state index in [9.17, 15) is 13.6 Å². The zero-order valence-corrected chi connectivity index (χ0v) is 15.0. The van der Waals surface area contributed by atoms with Gasteiger partial charge >= 0.3 is 0 Å². The zero-order chi connectivity index (χ0) is 19.0. The predicted octanol–water partition coefficient (Wildman–Crippen LogP) is 4.28. The van der Waals surface area contributed by atoms with Crippen LogP contribution in [0.4, 0.5) is 14.5 Å². The number of amides is 1. The number of benzene rings is 2. The Bertz CT molecular complexity index is 999. The molecule has 3 aromatic rings. The van der Waals surface area contributed by atoms with Gasteiger partial charge in [0.25, 0.3) is 5.91 Å². The molecule has 1 atom stereocenters. The van der Waals surface area contributed by atoms with Gasteiger partial charge in [-0.05, 0) is 49.6 Å². The lowest BCUT2D eigenvalue weighted by Crippen LogP contribution is -2.30. The number of furan rings is 1. The largest absolute Gasteiger partial charge is 0.451 e.